The monoisotopic (exact) mass is 292 g/mol. The minimum Gasteiger partial charge on any atom is -0.497 e. The molecule has 0 radical (unpaired) electrons. The van der Waals surface area contributed by atoms with Crippen LogP contribution in [0.1, 0.15) is 5.56 Å². The highest BCUT2D eigenvalue weighted by Crippen LogP contribution is 2.19. The van der Waals surface area contributed by atoms with Gasteiger partial charge < -0.3 is 4.74 Å². The van der Waals surface area contributed by atoms with Crippen molar-refractivity contribution in [2.75, 3.05) is 14.2 Å². The molecule has 0 aliphatic carbocycles. The average molecular weight is 292 g/mol. The van der Waals surface area contributed by atoms with Gasteiger partial charge in [0.2, 0.25) is 10.0 Å². The zero-order valence-electron chi connectivity index (χ0n) is 11.4. The van der Waals surface area contributed by atoms with Crippen LogP contribution in [-0.2, 0) is 16.6 Å². The maximum Gasteiger partial charge on any atom is 0.243 e. The van der Waals surface area contributed by atoms with Gasteiger partial charge in [0.1, 0.15) is 5.75 Å². The third kappa shape index (κ3) is 3.15. The SMILES string of the molecule is COc1ccc(S(=O)(=O)N(C)Cc2ccncc2)cc1. The number of aromatic nitrogens is 1. The van der Waals surface area contributed by atoms with Crippen LogP contribution in [0.25, 0.3) is 0 Å². The lowest BCUT2D eigenvalue weighted by Gasteiger charge is -2.17. The predicted molar refractivity (Wildman–Crippen MR) is 75.9 cm³/mol. The molecule has 0 saturated heterocycles. The molecule has 0 saturated carbocycles. The van der Waals surface area contributed by atoms with Gasteiger partial charge in [0.15, 0.2) is 0 Å². The molecule has 6 heteroatoms. The molecule has 0 aliphatic rings. The average Bonchev–Trinajstić information content (AvgIpc) is 2.48. The summed E-state index contributed by atoms with van der Waals surface area (Å²) >= 11 is 0. The lowest BCUT2D eigenvalue weighted by Crippen LogP contribution is -2.26. The molecule has 0 atom stereocenters. The molecule has 1 heterocycles. The second kappa shape index (κ2) is 6.02. The fourth-order valence-corrected chi connectivity index (χ4v) is 2.92. The number of hydrogen-bond donors (Lipinski definition) is 0. The van der Waals surface area contributed by atoms with Crippen molar-refractivity contribution >= 4 is 10.0 Å². The van der Waals surface area contributed by atoms with Gasteiger partial charge in [-0.25, -0.2) is 8.42 Å². The van der Waals surface area contributed by atoms with Crippen molar-refractivity contribution in [1.29, 1.82) is 0 Å². The molecular formula is C14H16N2O3S. The molecule has 0 fully saturated rings. The van der Waals surface area contributed by atoms with Crippen molar-refractivity contribution in [2.24, 2.45) is 0 Å². The molecule has 5 nitrogen and oxygen atoms in total. The van der Waals surface area contributed by atoms with Gasteiger partial charge in [-0.3, -0.25) is 4.98 Å². The van der Waals surface area contributed by atoms with E-state index in [1.807, 2.05) is 0 Å². The number of pyridine rings is 1. The summed E-state index contributed by atoms with van der Waals surface area (Å²) in [6, 6.07) is 9.93. The fraction of sp³-hybridized carbons (Fsp3) is 0.214. The van der Waals surface area contributed by atoms with Crippen LogP contribution in [0.5, 0.6) is 5.75 Å². The molecule has 106 valence electrons. The highest BCUT2D eigenvalue weighted by molar-refractivity contribution is 7.89. The highest BCUT2D eigenvalue weighted by atomic mass is 32.2. The molecule has 0 aliphatic heterocycles. The van der Waals surface area contributed by atoms with Crippen molar-refractivity contribution in [2.45, 2.75) is 11.4 Å². The Bertz CT molecular complexity index is 655. The summed E-state index contributed by atoms with van der Waals surface area (Å²) in [4.78, 5) is 4.16. The van der Waals surface area contributed by atoms with Crippen LogP contribution in [0.2, 0.25) is 0 Å². The zero-order valence-corrected chi connectivity index (χ0v) is 12.2. The van der Waals surface area contributed by atoms with Gasteiger partial charge >= 0.3 is 0 Å². The van der Waals surface area contributed by atoms with Crippen LogP contribution in [-0.4, -0.2) is 31.9 Å². The number of ether oxygens (including phenoxy) is 1. The number of methoxy groups -OCH3 is 1. The predicted octanol–water partition coefficient (Wildman–Crippen LogP) is 1.91. The van der Waals surface area contributed by atoms with Gasteiger partial charge in [-0.2, -0.15) is 4.31 Å². The Labute approximate surface area is 118 Å². The summed E-state index contributed by atoms with van der Waals surface area (Å²) in [5.41, 5.74) is 0.889. The van der Waals surface area contributed by atoms with E-state index in [2.05, 4.69) is 4.98 Å². The summed E-state index contributed by atoms with van der Waals surface area (Å²) in [6.07, 6.45) is 3.28. The Kier molecular flexibility index (Phi) is 4.36. The Morgan fingerprint density at radius 2 is 1.70 bits per heavy atom. The van der Waals surface area contributed by atoms with E-state index in [1.54, 1.807) is 50.8 Å². The molecule has 20 heavy (non-hydrogen) atoms. The second-order valence-corrected chi connectivity index (χ2v) is 6.34. The van der Waals surface area contributed by atoms with E-state index in [1.165, 1.54) is 16.4 Å². The first-order valence-corrected chi connectivity index (χ1v) is 7.47. The Morgan fingerprint density at radius 3 is 2.25 bits per heavy atom. The van der Waals surface area contributed by atoms with Crippen molar-refractivity contribution in [3.63, 3.8) is 0 Å². The maximum absolute atomic E-state index is 12.4. The van der Waals surface area contributed by atoms with Gasteiger partial charge in [-0.15, -0.1) is 0 Å². The van der Waals surface area contributed by atoms with E-state index in [0.717, 1.165) is 5.56 Å². The Morgan fingerprint density at radius 1 is 1.10 bits per heavy atom. The van der Waals surface area contributed by atoms with Crippen LogP contribution in [0.4, 0.5) is 0 Å². The Balaban J connectivity index is 2.20. The smallest absolute Gasteiger partial charge is 0.243 e. The summed E-state index contributed by atoms with van der Waals surface area (Å²) in [5.74, 6) is 0.626. The van der Waals surface area contributed by atoms with Crippen LogP contribution in [0, 0.1) is 0 Å². The second-order valence-electron chi connectivity index (χ2n) is 4.29. The normalized spacial score (nSPS) is 11.6. The van der Waals surface area contributed by atoms with E-state index in [9.17, 15) is 8.42 Å². The molecule has 0 bridgehead atoms. The van der Waals surface area contributed by atoms with Gasteiger partial charge in [0.25, 0.3) is 0 Å². The standard InChI is InChI=1S/C14H16N2O3S/c1-16(11-12-7-9-15-10-8-12)20(17,18)14-5-3-13(19-2)4-6-14/h3-10H,11H2,1-2H3. The van der Waals surface area contributed by atoms with Crippen LogP contribution >= 0.6 is 0 Å². The largest absolute Gasteiger partial charge is 0.497 e. The number of rotatable bonds is 5. The Hall–Kier alpha value is -1.92. The molecule has 0 unspecified atom stereocenters. The summed E-state index contributed by atoms with van der Waals surface area (Å²) in [5, 5.41) is 0. The van der Waals surface area contributed by atoms with Crippen molar-refractivity contribution in [3.8, 4) is 5.75 Å². The minimum absolute atomic E-state index is 0.245. The number of sulfonamides is 1. The van der Waals surface area contributed by atoms with E-state index >= 15 is 0 Å². The first kappa shape index (κ1) is 14.5. The van der Waals surface area contributed by atoms with Gasteiger partial charge in [-0.1, -0.05) is 0 Å². The molecule has 0 amide bonds. The topological polar surface area (TPSA) is 59.5 Å². The summed E-state index contributed by atoms with van der Waals surface area (Å²) < 4.78 is 31.1. The minimum atomic E-state index is -3.50. The van der Waals surface area contributed by atoms with E-state index in [-0.39, 0.29) is 4.90 Å². The lowest BCUT2D eigenvalue weighted by molar-refractivity contribution is 0.414. The van der Waals surface area contributed by atoms with Gasteiger partial charge in [0.05, 0.1) is 12.0 Å². The molecule has 0 N–H and O–H groups in total. The fourth-order valence-electron chi connectivity index (χ4n) is 1.76. The van der Waals surface area contributed by atoms with Gasteiger partial charge in [-0.05, 0) is 42.0 Å². The molecule has 2 aromatic rings. The van der Waals surface area contributed by atoms with Crippen LogP contribution in [0.3, 0.4) is 0 Å². The number of hydrogen-bond acceptors (Lipinski definition) is 4. The van der Waals surface area contributed by atoms with Crippen molar-refractivity contribution in [3.05, 3.63) is 54.4 Å². The molecule has 0 spiro atoms. The van der Waals surface area contributed by atoms with Gasteiger partial charge in [0, 0.05) is 26.0 Å². The molecule has 1 aromatic carbocycles. The zero-order chi connectivity index (χ0) is 14.6. The van der Waals surface area contributed by atoms with E-state index in [4.69, 9.17) is 4.74 Å². The summed E-state index contributed by atoms with van der Waals surface area (Å²) in [7, 11) is -0.408. The first-order valence-electron chi connectivity index (χ1n) is 6.03. The molecule has 1 aromatic heterocycles. The first-order chi connectivity index (χ1) is 9.54. The van der Waals surface area contributed by atoms with E-state index < -0.39 is 10.0 Å². The summed E-state index contributed by atoms with van der Waals surface area (Å²) in [6.45, 7) is 0.302. The van der Waals surface area contributed by atoms with Crippen LogP contribution in [0.15, 0.2) is 53.7 Å². The number of nitrogens with zero attached hydrogens (tertiary/aromatic N) is 2. The van der Waals surface area contributed by atoms with E-state index in [0.29, 0.717) is 12.3 Å². The highest BCUT2D eigenvalue weighted by Gasteiger charge is 2.20. The third-order valence-electron chi connectivity index (χ3n) is 2.92. The third-order valence-corrected chi connectivity index (χ3v) is 4.74. The number of benzene rings is 1. The maximum atomic E-state index is 12.4. The van der Waals surface area contributed by atoms with Crippen LogP contribution < -0.4 is 4.74 Å². The molecular weight excluding hydrogens is 276 g/mol. The van der Waals surface area contributed by atoms with Crippen molar-refractivity contribution < 1.29 is 13.2 Å². The lowest BCUT2D eigenvalue weighted by atomic mass is 10.3. The van der Waals surface area contributed by atoms with Crippen molar-refractivity contribution in [1.82, 2.24) is 9.29 Å². The quantitative estimate of drug-likeness (QED) is 0.844. The molecule has 2 rings (SSSR count).